The van der Waals surface area contributed by atoms with Crippen LogP contribution >= 0.6 is 0 Å². The molecule has 0 spiro atoms. The summed E-state index contributed by atoms with van der Waals surface area (Å²) in [6, 6.07) is 5.14. The van der Waals surface area contributed by atoms with Crippen LogP contribution in [0.3, 0.4) is 0 Å². The van der Waals surface area contributed by atoms with Crippen LogP contribution in [0.1, 0.15) is 55.2 Å². The largest absolute Gasteiger partial charge is 0.508 e. The van der Waals surface area contributed by atoms with Crippen molar-refractivity contribution in [2.75, 3.05) is 7.11 Å². The van der Waals surface area contributed by atoms with Crippen molar-refractivity contribution in [2.45, 2.75) is 46.5 Å². The number of fused-ring (bicyclic) bond motifs is 1. The monoisotopic (exact) mass is 315 g/mol. The molecule has 1 aromatic heterocycles. The zero-order valence-electron chi connectivity index (χ0n) is 14.3. The molecule has 0 saturated heterocycles. The summed E-state index contributed by atoms with van der Waals surface area (Å²) in [5.41, 5.74) is 3.12. The van der Waals surface area contributed by atoms with Gasteiger partial charge in [0.25, 0.3) is 0 Å². The number of aromatic hydroxyl groups is 1. The van der Waals surface area contributed by atoms with Gasteiger partial charge in [0.15, 0.2) is 0 Å². The van der Waals surface area contributed by atoms with Gasteiger partial charge in [-0.15, -0.1) is 0 Å². The molecule has 0 aliphatic heterocycles. The fraction of sp³-hybridized carbons (Fsp3) is 0.474. The number of phenols is 1. The van der Waals surface area contributed by atoms with Crippen molar-refractivity contribution in [3.8, 4) is 5.75 Å². The Balaban J connectivity index is 2.76. The van der Waals surface area contributed by atoms with Crippen molar-refractivity contribution in [3.63, 3.8) is 0 Å². The zero-order chi connectivity index (χ0) is 17.0. The molecule has 0 amide bonds. The molecule has 4 nitrogen and oxygen atoms in total. The van der Waals surface area contributed by atoms with Gasteiger partial charge in [0, 0.05) is 5.39 Å². The SMILES string of the molecule is CCCCc1c(C(=O)OC)c(CC(C)C)nc2ccc(O)cc12. The Kier molecular flexibility index (Phi) is 5.59. The maximum atomic E-state index is 12.4. The van der Waals surface area contributed by atoms with E-state index in [-0.39, 0.29) is 11.7 Å². The first-order valence-electron chi connectivity index (χ1n) is 8.20. The van der Waals surface area contributed by atoms with E-state index in [1.165, 1.54) is 7.11 Å². The number of carbonyl (C=O) groups excluding carboxylic acids is 1. The van der Waals surface area contributed by atoms with Crippen LogP contribution < -0.4 is 0 Å². The van der Waals surface area contributed by atoms with Gasteiger partial charge >= 0.3 is 5.97 Å². The van der Waals surface area contributed by atoms with Gasteiger partial charge in [0.05, 0.1) is 23.9 Å². The second-order valence-corrected chi connectivity index (χ2v) is 6.31. The van der Waals surface area contributed by atoms with Gasteiger partial charge in [-0.2, -0.15) is 0 Å². The average Bonchev–Trinajstić information content (AvgIpc) is 2.51. The van der Waals surface area contributed by atoms with E-state index in [0.29, 0.717) is 11.5 Å². The first kappa shape index (κ1) is 17.3. The quantitative estimate of drug-likeness (QED) is 0.809. The smallest absolute Gasteiger partial charge is 0.340 e. The first-order chi connectivity index (χ1) is 11.0. The van der Waals surface area contributed by atoms with Crippen molar-refractivity contribution in [1.29, 1.82) is 0 Å². The summed E-state index contributed by atoms with van der Waals surface area (Å²) in [5, 5.41) is 10.7. The van der Waals surface area contributed by atoms with Crippen LogP contribution in [0.15, 0.2) is 18.2 Å². The Morgan fingerprint density at radius 1 is 1.35 bits per heavy atom. The minimum Gasteiger partial charge on any atom is -0.508 e. The maximum Gasteiger partial charge on any atom is 0.340 e. The molecule has 0 radical (unpaired) electrons. The highest BCUT2D eigenvalue weighted by molar-refractivity contribution is 5.98. The maximum absolute atomic E-state index is 12.4. The van der Waals surface area contributed by atoms with Gasteiger partial charge in [-0.1, -0.05) is 27.2 Å². The topological polar surface area (TPSA) is 59.4 Å². The fourth-order valence-electron chi connectivity index (χ4n) is 2.86. The third kappa shape index (κ3) is 3.81. The van der Waals surface area contributed by atoms with Crippen molar-refractivity contribution < 1.29 is 14.6 Å². The summed E-state index contributed by atoms with van der Waals surface area (Å²) in [5.74, 6) is 0.230. The predicted octanol–water partition coefficient (Wildman–Crippen LogP) is 4.27. The molecular formula is C19H25NO3. The predicted molar refractivity (Wildman–Crippen MR) is 91.9 cm³/mol. The minimum absolute atomic E-state index is 0.185. The fourth-order valence-corrected chi connectivity index (χ4v) is 2.86. The highest BCUT2D eigenvalue weighted by Crippen LogP contribution is 2.29. The first-order valence-corrected chi connectivity index (χ1v) is 8.20. The molecule has 0 saturated carbocycles. The number of nitrogens with zero attached hydrogens (tertiary/aromatic N) is 1. The van der Waals surface area contributed by atoms with E-state index in [9.17, 15) is 9.90 Å². The highest BCUT2D eigenvalue weighted by Gasteiger charge is 2.22. The molecule has 0 unspecified atom stereocenters. The van der Waals surface area contributed by atoms with E-state index in [2.05, 4.69) is 25.8 Å². The van der Waals surface area contributed by atoms with E-state index in [4.69, 9.17) is 4.74 Å². The lowest BCUT2D eigenvalue weighted by molar-refractivity contribution is 0.0597. The van der Waals surface area contributed by atoms with Crippen LogP contribution in [-0.4, -0.2) is 23.2 Å². The van der Waals surface area contributed by atoms with Crippen molar-refractivity contribution in [2.24, 2.45) is 5.92 Å². The van der Waals surface area contributed by atoms with Gasteiger partial charge in [-0.25, -0.2) is 4.79 Å². The van der Waals surface area contributed by atoms with Crippen LogP contribution in [0, 0.1) is 5.92 Å². The second-order valence-electron chi connectivity index (χ2n) is 6.31. The zero-order valence-corrected chi connectivity index (χ0v) is 14.3. The lowest BCUT2D eigenvalue weighted by Crippen LogP contribution is -2.14. The molecule has 0 aliphatic carbocycles. The number of benzene rings is 1. The number of phenolic OH excluding ortho intramolecular Hbond substituents is 1. The number of carbonyl (C=O) groups is 1. The molecular weight excluding hydrogens is 290 g/mol. The van der Waals surface area contributed by atoms with Crippen LogP contribution in [0.4, 0.5) is 0 Å². The molecule has 1 aromatic carbocycles. The van der Waals surface area contributed by atoms with Gasteiger partial charge < -0.3 is 9.84 Å². The standard InChI is InChI=1S/C19H25NO3/c1-5-6-7-14-15-11-13(21)8-9-16(15)20-17(10-12(2)3)18(14)19(22)23-4/h8-9,11-12,21H,5-7,10H2,1-4H3. The minimum atomic E-state index is -0.343. The third-order valence-corrected chi connectivity index (χ3v) is 3.92. The van der Waals surface area contributed by atoms with Crippen LogP contribution in [0.5, 0.6) is 5.75 Å². The molecule has 0 atom stereocenters. The number of aryl methyl sites for hydroxylation is 1. The Hall–Kier alpha value is -2.10. The summed E-state index contributed by atoms with van der Waals surface area (Å²) >= 11 is 0. The average molecular weight is 315 g/mol. The van der Waals surface area contributed by atoms with Crippen molar-refractivity contribution in [1.82, 2.24) is 4.98 Å². The van der Waals surface area contributed by atoms with Gasteiger partial charge in [0.1, 0.15) is 5.75 Å². The summed E-state index contributed by atoms with van der Waals surface area (Å²) in [6.07, 6.45) is 3.50. The van der Waals surface area contributed by atoms with E-state index in [0.717, 1.165) is 47.8 Å². The molecule has 2 rings (SSSR count). The number of unbranched alkanes of at least 4 members (excludes halogenated alkanes) is 1. The number of methoxy groups -OCH3 is 1. The van der Waals surface area contributed by atoms with Crippen molar-refractivity contribution in [3.05, 3.63) is 35.0 Å². The normalized spacial score (nSPS) is 11.2. The summed E-state index contributed by atoms with van der Waals surface area (Å²) in [6.45, 7) is 6.33. The number of hydrogen-bond donors (Lipinski definition) is 1. The number of esters is 1. The van der Waals surface area contributed by atoms with Gasteiger partial charge in [0.2, 0.25) is 0 Å². The molecule has 0 bridgehead atoms. The van der Waals surface area contributed by atoms with Gasteiger partial charge in [-0.3, -0.25) is 4.98 Å². The van der Waals surface area contributed by atoms with Crippen molar-refractivity contribution >= 4 is 16.9 Å². The molecule has 124 valence electrons. The van der Waals surface area contributed by atoms with Crippen LogP contribution in [0.25, 0.3) is 10.9 Å². The summed E-state index contributed by atoms with van der Waals surface area (Å²) < 4.78 is 5.02. The number of hydrogen-bond acceptors (Lipinski definition) is 4. The second kappa shape index (κ2) is 7.44. The molecule has 23 heavy (non-hydrogen) atoms. The molecule has 2 aromatic rings. The van der Waals surface area contributed by atoms with Crippen LogP contribution in [-0.2, 0) is 17.6 Å². The Morgan fingerprint density at radius 3 is 2.70 bits per heavy atom. The number of ether oxygens (including phenoxy) is 1. The lowest BCUT2D eigenvalue weighted by atomic mass is 9.93. The Bertz CT molecular complexity index is 707. The van der Waals surface area contributed by atoms with E-state index in [1.54, 1.807) is 12.1 Å². The summed E-state index contributed by atoms with van der Waals surface area (Å²) in [4.78, 5) is 17.1. The molecule has 1 N–H and O–H groups in total. The highest BCUT2D eigenvalue weighted by atomic mass is 16.5. The molecule has 0 fully saturated rings. The number of rotatable bonds is 6. The van der Waals surface area contributed by atoms with E-state index < -0.39 is 0 Å². The van der Waals surface area contributed by atoms with E-state index in [1.807, 2.05) is 6.07 Å². The number of pyridine rings is 1. The third-order valence-electron chi connectivity index (χ3n) is 3.92. The molecule has 1 heterocycles. The van der Waals surface area contributed by atoms with E-state index >= 15 is 0 Å². The number of aromatic nitrogens is 1. The summed E-state index contributed by atoms with van der Waals surface area (Å²) in [7, 11) is 1.40. The Labute approximate surface area is 137 Å². The van der Waals surface area contributed by atoms with Gasteiger partial charge in [-0.05, 0) is 48.9 Å². The molecule has 4 heteroatoms. The molecule has 0 aliphatic rings. The Morgan fingerprint density at radius 2 is 2.09 bits per heavy atom. The lowest BCUT2D eigenvalue weighted by Gasteiger charge is -2.17. The van der Waals surface area contributed by atoms with Crippen LogP contribution in [0.2, 0.25) is 0 Å².